The van der Waals surface area contributed by atoms with Crippen molar-refractivity contribution < 1.29 is 4.57 Å². The van der Waals surface area contributed by atoms with Gasteiger partial charge < -0.3 is 4.57 Å². The molecule has 3 aromatic carbocycles. The van der Waals surface area contributed by atoms with Crippen LogP contribution in [0.1, 0.15) is 70.3 Å². The van der Waals surface area contributed by atoms with Crippen molar-refractivity contribution in [1.82, 2.24) is 4.57 Å². The number of pyridine rings is 1. The van der Waals surface area contributed by atoms with Gasteiger partial charge in [-0.2, -0.15) is 4.57 Å². The molecule has 5 aromatic rings. The van der Waals surface area contributed by atoms with Crippen LogP contribution in [-0.2, 0) is 7.05 Å². The largest absolute Gasteiger partial charge is 0.338 e. The molecule has 5 rings (SSSR count). The third-order valence-electron chi connectivity index (χ3n) is 8.21. The number of benzene rings is 3. The second kappa shape index (κ2) is 9.07. The molecular formula is C34H41N2+. The Morgan fingerprint density at radius 2 is 1.39 bits per heavy atom. The quantitative estimate of drug-likeness (QED) is 0.223. The number of fused-ring (bicyclic) bond motifs is 4. The molecule has 0 bridgehead atoms. The zero-order valence-electron chi connectivity index (χ0n) is 23.5. The van der Waals surface area contributed by atoms with Gasteiger partial charge in [0.1, 0.15) is 7.05 Å². The van der Waals surface area contributed by atoms with Crippen LogP contribution >= 0.6 is 0 Å². The molecule has 0 fully saturated rings. The summed E-state index contributed by atoms with van der Waals surface area (Å²) < 4.78 is 4.88. The van der Waals surface area contributed by atoms with Gasteiger partial charge in [-0.1, -0.05) is 58.0 Å². The van der Waals surface area contributed by atoms with Crippen LogP contribution in [0.4, 0.5) is 0 Å². The third-order valence-corrected chi connectivity index (χ3v) is 8.21. The van der Waals surface area contributed by atoms with Crippen molar-refractivity contribution >= 4 is 32.6 Å². The van der Waals surface area contributed by atoms with E-state index in [4.69, 9.17) is 0 Å². The maximum absolute atomic E-state index is 2.50. The van der Waals surface area contributed by atoms with Crippen molar-refractivity contribution in [2.24, 2.45) is 18.9 Å². The SMILES string of the molecule is Cc1cc2c3ccccc3n(C(C)C)c2cc1-c1c2ccc(C(C(C)C)C(C)C)cc2cc(C)[n+]1C. The molecule has 0 aliphatic rings. The molecule has 36 heavy (non-hydrogen) atoms. The first-order chi connectivity index (χ1) is 17.1. The number of aromatic nitrogens is 2. The highest BCUT2D eigenvalue weighted by Gasteiger charge is 2.25. The average Bonchev–Trinajstić information content (AvgIpc) is 3.13. The van der Waals surface area contributed by atoms with Gasteiger partial charge in [-0.05, 0) is 79.3 Å². The van der Waals surface area contributed by atoms with Crippen molar-refractivity contribution in [3.8, 4) is 11.3 Å². The van der Waals surface area contributed by atoms with Crippen LogP contribution in [0.25, 0.3) is 43.8 Å². The van der Waals surface area contributed by atoms with E-state index in [1.807, 2.05) is 0 Å². The number of nitrogens with zero attached hydrogens (tertiary/aromatic N) is 2. The van der Waals surface area contributed by atoms with Crippen LogP contribution in [0.15, 0.2) is 60.7 Å². The maximum atomic E-state index is 2.50. The van der Waals surface area contributed by atoms with Gasteiger partial charge in [-0.25, -0.2) is 0 Å². The van der Waals surface area contributed by atoms with Crippen LogP contribution in [-0.4, -0.2) is 4.57 Å². The molecule has 0 saturated heterocycles. The van der Waals surface area contributed by atoms with Gasteiger partial charge in [0.05, 0.1) is 16.5 Å². The number of para-hydroxylation sites is 1. The zero-order valence-corrected chi connectivity index (χ0v) is 23.5. The number of hydrogen-bond acceptors (Lipinski definition) is 0. The average molecular weight is 478 g/mol. The molecule has 0 amide bonds. The molecule has 2 heteroatoms. The van der Waals surface area contributed by atoms with Crippen molar-refractivity contribution in [3.63, 3.8) is 0 Å². The van der Waals surface area contributed by atoms with Crippen molar-refractivity contribution in [3.05, 3.63) is 77.5 Å². The van der Waals surface area contributed by atoms with E-state index in [0.717, 1.165) is 0 Å². The Morgan fingerprint density at radius 3 is 2.06 bits per heavy atom. The third kappa shape index (κ3) is 3.82. The zero-order chi connectivity index (χ0) is 25.9. The van der Waals surface area contributed by atoms with E-state index in [1.54, 1.807) is 0 Å². The molecule has 0 spiro atoms. The second-order valence-electron chi connectivity index (χ2n) is 11.7. The molecule has 0 atom stereocenters. The molecule has 2 heterocycles. The minimum atomic E-state index is 0.387. The Morgan fingerprint density at radius 1 is 0.694 bits per heavy atom. The normalized spacial score (nSPS) is 12.5. The summed E-state index contributed by atoms with van der Waals surface area (Å²) in [6, 6.07) is 23.6. The first-order valence-electron chi connectivity index (χ1n) is 13.6. The van der Waals surface area contributed by atoms with Gasteiger partial charge in [-0.3, -0.25) is 0 Å². The van der Waals surface area contributed by atoms with Crippen LogP contribution in [0.3, 0.4) is 0 Å². The summed E-state index contributed by atoms with van der Waals surface area (Å²) in [6.07, 6.45) is 0. The van der Waals surface area contributed by atoms with Gasteiger partial charge in [0.2, 0.25) is 5.69 Å². The molecule has 0 N–H and O–H groups in total. The fourth-order valence-electron chi connectivity index (χ4n) is 6.63. The lowest BCUT2D eigenvalue weighted by molar-refractivity contribution is -0.665. The van der Waals surface area contributed by atoms with E-state index < -0.39 is 0 Å². The summed E-state index contributed by atoms with van der Waals surface area (Å²) in [7, 11) is 2.21. The molecule has 0 saturated carbocycles. The first-order valence-corrected chi connectivity index (χ1v) is 13.6. The Labute approximate surface area is 216 Å². The van der Waals surface area contributed by atoms with E-state index in [2.05, 4.69) is 132 Å². The summed E-state index contributed by atoms with van der Waals surface area (Å²) in [5, 5.41) is 5.35. The molecule has 0 radical (unpaired) electrons. The van der Waals surface area contributed by atoms with Crippen molar-refractivity contribution in [2.75, 3.05) is 0 Å². The highest BCUT2D eigenvalue weighted by molar-refractivity contribution is 6.10. The van der Waals surface area contributed by atoms with Crippen LogP contribution in [0.2, 0.25) is 0 Å². The molecule has 0 aliphatic heterocycles. The highest BCUT2D eigenvalue weighted by Crippen LogP contribution is 2.39. The number of aryl methyl sites for hydroxylation is 2. The summed E-state index contributed by atoms with van der Waals surface area (Å²) >= 11 is 0. The van der Waals surface area contributed by atoms with Crippen LogP contribution < -0.4 is 4.57 Å². The topological polar surface area (TPSA) is 8.81 Å². The second-order valence-corrected chi connectivity index (χ2v) is 11.7. The number of rotatable bonds is 5. The Kier molecular flexibility index (Phi) is 6.19. The molecular weight excluding hydrogens is 436 g/mol. The predicted octanol–water partition coefficient (Wildman–Crippen LogP) is 9.03. The molecule has 186 valence electrons. The van der Waals surface area contributed by atoms with Crippen LogP contribution in [0.5, 0.6) is 0 Å². The lowest BCUT2D eigenvalue weighted by Gasteiger charge is -2.25. The van der Waals surface area contributed by atoms with Gasteiger partial charge in [-0.15, -0.1) is 0 Å². The summed E-state index contributed by atoms with van der Waals surface area (Å²) in [6.45, 7) is 18.5. The van der Waals surface area contributed by atoms with Gasteiger partial charge in [0.15, 0.2) is 5.69 Å². The Hall–Kier alpha value is -3.13. The van der Waals surface area contributed by atoms with E-state index in [9.17, 15) is 0 Å². The smallest absolute Gasteiger partial charge is 0.220 e. The van der Waals surface area contributed by atoms with Crippen molar-refractivity contribution in [2.45, 2.75) is 67.3 Å². The van der Waals surface area contributed by atoms with Gasteiger partial charge >= 0.3 is 0 Å². The minimum absolute atomic E-state index is 0.387. The fraction of sp³-hybridized carbons (Fsp3) is 0.382. The lowest BCUT2D eigenvalue weighted by atomic mass is 9.79. The summed E-state index contributed by atoms with van der Waals surface area (Å²) in [5.41, 5.74) is 9.32. The van der Waals surface area contributed by atoms with Gasteiger partial charge in [0, 0.05) is 35.3 Å². The van der Waals surface area contributed by atoms with E-state index in [1.165, 1.54) is 60.7 Å². The Bertz CT molecular complexity index is 1590. The molecule has 0 aliphatic carbocycles. The molecule has 0 unspecified atom stereocenters. The van der Waals surface area contributed by atoms with Crippen molar-refractivity contribution in [1.29, 1.82) is 0 Å². The molecule has 2 aromatic heterocycles. The predicted molar refractivity (Wildman–Crippen MR) is 156 cm³/mol. The maximum Gasteiger partial charge on any atom is 0.220 e. The standard InChI is InChI=1S/C34H41N2/c1-20(2)33(21(3)4)25-14-15-27-26(18-25)17-24(8)35(9)34(27)29-19-32-30(16-23(29)7)28-12-10-11-13-31(28)36(32)22(5)6/h10-22,33H,1-9H3/q+1. The van der Waals surface area contributed by atoms with Gasteiger partial charge in [0.25, 0.3) is 0 Å². The summed E-state index contributed by atoms with van der Waals surface area (Å²) in [5.74, 6) is 1.79. The fourth-order valence-corrected chi connectivity index (χ4v) is 6.63. The van der Waals surface area contributed by atoms with E-state index in [0.29, 0.717) is 23.8 Å². The van der Waals surface area contributed by atoms with E-state index >= 15 is 0 Å². The lowest BCUT2D eigenvalue weighted by Crippen LogP contribution is -2.35. The van der Waals surface area contributed by atoms with E-state index in [-0.39, 0.29) is 0 Å². The summed E-state index contributed by atoms with van der Waals surface area (Å²) in [4.78, 5) is 0. The number of hydrogen-bond donors (Lipinski definition) is 0. The highest BCUT2D eigenvalue weighted by atomic mass is 15.0. The molecule has 2 nitrogen and oxygen atoms in total. The van der Waals surface area contributed by atoms with Crippen LogP contribution in [0, 0.1) is 25.7 Å². The monoisotopic (exact) mass is 477 g/mol. The minimum Gasteiger partial charge on any atom is -0.338 e. The first kappa shape index (κ1) is 24.6. The Balaban J connectivity index is 1.82.